The zero-order valence-corrected chi connectivity index (χ0v) is 15.6. The average Bonchev–Trinajstić information content (AvgIpc) is 3.15. The van der Waals surface area contributed by atoms with Crippen molar-refractivity contribution in [1.29, 1.82) is 0 Å². The number of aliphatic hydroxyl groups is 1. The lowest BCUT2D eigenvalue weighted by molar-refractivity contribution is 0.126. The van der Waals surface area contributed by atoms with Gasteiger partial charge in [-0.1, -0.05) is 42.5 Å². The van der Waals surface area contributed by atoms with Crippen LogP contribution in [0, 0.1) is 0 Å². The zero-order valence-electron chi connectivity index (χ0n) is 15.6. The Morgan fingerprint density at radius 3 is 2.43 bits per heavy atom. The molecule has 0 radical (unpaired) electrons. The van der Waals surface area contributed by atoms with Gasteiger partial charge in [-0.05, 0) is 24.6 Å². The van der Waals surface area contributed by atoms with Crippen molar-refractivity contribution in [2.45, 2.75) is 13.0 Å². The highest BCUT2D eigenvalue weighted by Crippen LogP contribution is 2.43. The first-order chi connectivity index (χ1) is 13.7. The van der Waals surface area contributed by atoms with Crippen LogP contribution in [0.1, 0.15) is 6.92 Å². The van der Waals surface area contributed by atoms with Crippen LogP contribution in [0.15, 0.2) is 65.3 Å². The highest BCUT2D eigenvalue weighted by Gasteiger charge is 2.23. The number of aliphatic hydroxyl groups excluding tert-OH is 1. The monoisotopic (exact) mass is 376 g/mol. The van der Waals surface area contributed by atoms with E-state index in [4.69, 9.17) is 13.9 Å². The fourth-order valence-corrected chi connectivity index (χ4v) is 3.05. The first-order valence-electron chi connectivity index (χ1n) is 8.96. The Hall–Kier alpha value is -3.38. The van der Waals surface area contributed by atoms with Crippen LogP contribution in [-0.2, 0) is 0 Å². The molecule has 0 amide bonds. The van der Waals surface area contributed by atoms with Crippen molar-refractivity contribution in [3.8, 4) is 34.1 Å². The maximum absolute atomic E-state index is 9.39. The van der Waals surface area contributed by atoms with Gasteiger partial charge in [0, 0.05) is 11.1 Å². The van der Waals surface area contributed by atoms with E-state index in [0.29, 0.717) is 22.7 Å². The number of methoxy groups -OCH3 is 1. The maximum Gasteiger partial charge on any atom is 0.234 e. The molecular weight excluding hydrogens is 356 g/mol. The van der Waals surface area contributed by atoms with Crippen molar-refractivity contribution in [2.75, 3.05) is 13.7 Å². The van der Waals surface area contributed by atoms with Crippen molar-refractivity contribution in [3.05, 3.63) is 60.9 Å². The molecule has 0 fully saturated rings. The van der Waals surface area contributed by atoms with Crippen LogP contribution in [0.3, 0.4) is 0 Å². The lowest BCUT2D eigenvalue weighted by atomic mass is 9.99. The summed E-state index contributed by atoms with van der Waals surface area (Å²) in [5.41, 5.74) is 3.12. The van der Waals surface area contributed by atoms with Crippen LogP contribution in [0.4, 0.5) is 0 Å². The number of fused-ring (bicyclic) bond motifs is 1. The molecule has 142 valence electrons. The van der Waals surface area contributed by atoms with E-state index in [2.05, 4.69) is 9.97 Å². The summed E-state index contributed by atoms with van der Waals surface area (Å²) in [5.74, 6) is 1.82. The Labute approximate surface area is 162 Å². The van der Waals surface area contributed by atoms with Crippen LogP contribution >= 0.6 is 0 Å². The number of nitrogens with zero attached hydrogens (tertiary/aromatic N) is 2. The fraction of sp³-hybridized carbons (Fsp3) is 0.182. The van der Waals surface area contributed by atoms with Gasteiger partial charge in [0.2, 0.25) is 11.6 Å². The van der Waals surface area contributed by atoms with Gasteiger partial charge in [0.1, 0.15) is 29.3 Å². The van der Waals surface area contributed by atoms with Crippen LogP contribution in [0.2, 0.25) is 0 Å². The van der Waals surface area contributed by atoms with Gasteiger partial charge in [-0.3, -0.25) is 0 Å². The summed E-state index contributed by atoms with van der Waals surface area (Å²) in [5, 5.41) is 10.1. The third kappa shape index (κ3) is 3.30. The van der Waals surface area contributed by atoms with Crippen molar-refractivity contribution >= 4 is 11.1 Å². The molecule has 0 aliphatic rings. The van der Waals surface area contributed by atoms with Crippen molar-refractivity contribution in [3.63, 3.8) is 0 Å². The molecular formula is C22H20N2O4. The number of furan rings is 1. The molecule has 0 aliphatic carbocycles. The van der Waals surface area contributed by atoms with E-state index in [1.165, 1.54) is 6.33 Å². The normalized spacial score (nSPS) is 12.1. The van der Waals surface area contributed by atoms with Crippen LogP contribution < -0.4 is 9.47 Å². The number of benzene rings is 2. The quantitative estimate of drug-likeness (QED) is 0.540. The molecule has 1 N–H and O–H groups in total. The van der Waals surface area contributed by atoms with E-state index in [9.17, 15) is 5.11 Å². The molecule has 0 saturated carbocycles. The van der Waals surface area contributed by atoms with Gasteiger partial charge in [0.15, 0.2) is 0 Å². The standard InChI is InChI=1S/C22H20N2O4/c1-14(12-25)27-21-19-18(15-8-10-17(26-2)11-9-15)20(16-6-4-3-5-7-16)28-22(19)24-13-23-21/h3-11,13-14,25H,12H2,1-2H3/t14-/m0/s1. The van der Waals surface area contributed by atoms with Gasteiger partial charge >= 0.3 is 0 Å². The number of ether oxygens (including phenoxy) is 2. The highest BCUT2D eigenvalue weighted by atomic mass is 16.5. The second-order valence-electron chi connectivity index (χ2n) is 6.37. The molecule has 1 atom stereocenters. The summed E-state index contributed by atoms with van der Waals surface area (Å²) < 4.78 is 17.3. The van der Waals surface area contributed by atoms with E-state index in [1.54, 1.807) is 14.0 Å². The number of rotatable bonds is 6. The minimum atomic E-state index is -0.406. The van der Waals surface area contributed by atoms with E-state index in [1.807, 2.05) is 54.6 Å². The molecule has 4 rings (SSSR count). The fourth-order valence-electron chi connectivity index (χ4n) is 3.05. The molecule has 2 aromatic carbocycles. The van der Waals surface area contributed by atoms with E-state index in [-0.39, 0.29) is 6.61 Å². The van der Waals surface area contributed by atoms with Gasteiger partial charge in [0.05, 0.1) is 13.7 Å². The predicted octanol–water partition coefficient (Wildman–Crippen LogP) is 4.33. The highest BCUT2D eigenvalue weighted by molar-refractivity contribution is 6.03. The van der Waals surface area contributed by atoms with E-state index in [0.717, 1.165) is 22.4 Å². The molecule has 6 nitrogen and oxygen atoms in total. The number of hydrogen-bond acceptors (Lipinski definition) is 6. The predicted molar refractivity (Wildman–Crippen MR) is 106 cm³/mol. The molecule has 0 unspecified atom stereocenters. The summed E-state index contributed by atoms with van der Waals surface area (Å²) in [6, 6.07) is 17.5. The summed E-state index contributed by atoms with van der Waals surface area (Å²) in [4.78, 5) is 8.59. The Morgan fingerprint density at radius 2 is 1.75 bits per heavy atom. The van der Waals surface area contributed by atoms with Crippen LogP contribution in [0.5, 0.6) is 11.6 Å². The molecule has 28 heavy (non-hydrogen) atoms. The van der Waals surface area contributed by atoms with E-state index < -0.39 is 6.10 Å². The SMILES string of the molecule is COc1ccc(-c2c(-c3ccccc3)oc3ncnc(O[C@@H](C)CO)c23)cc1. The Morgan fingerprint density at radius 1 is 1.00 bits per heavy atom. The molecule has 4 aromatic rings. The van der Waals surface area contributed by atoms with Gasteiger partial charge in [-0.15, -0.1) is 0 Å². The van der Waals surface area contributed by atoms with Gasteiger partial charge in [-0.25, -0.2) is 9.97 Å². The first-order valence-corrected chi connectivity index (χ1v) is 8.96. The second kappa shape index (κ2) is 7.70. The number of aromatic nitrogens is 2. The first kappa shape index (κ1) is 18.0. The van der Waals surface area contributed by atoms with E-state index >= 15 is 0 Å². The summed E-state index contributed by atoms with van der Waals surface area (Å²) in [6.07, 6.45) is 0.995. The topological polar surface area (TPSA) is 77.6 Å². The summed E-state index contributed by atoms with van der Waals surface area (Å²) in [6.45, 7) is 1.66. The molecule has 0 spiro atoms. The Bertz CT molecular complexity index is 1080. The van der Waals surface area contributed by atoms with Crippen LogP contribution in [-0.4, -0.2) is 34.9 Å². The van der Waals surface area contributed by atoms with Crippen molar-refractivity contribution in [2.24, 2.45) is 0 Å². The largest absolute Gasteiger partial charge is 0.497 e. The maximum atomic E-state index is 9.39. The number of hydrogen-bond donors (Lipinski definition) is 1. The lowest BCUT2D eigenvalue weighted by Crippen LogP contribution is -2.17. The second-order valence-corrected chi connectivity index (χ2v) is 6.37. The molecule has 6 heteroatoms. The summed E-state index contributed by atoms with van der Waals surface area (Å²) >= 11 is 0. The van der Waals surface area contributed by atoms with Gasteiger partial charge < -0.3 is 19.0 Å². The Balaban J connectivity index is 1.99. The lowest BCUT2D eigenvalue weighted by Gasteiger charge is -2.12. The molecule has 0 saturated heterocycles. The van der Waals surface area contributed by atoms with Crippen LogP contribution in [0.25, 0.3) is 33.6 Å². The third-order valence-electron chi connectivity index (χ3n) is 4.44. The molecule has 2 heterocycles. The molecule has 0 bridgehead atoms. The minimum absolute atomic E-state index is 0.118. The zero-order chi connectivity index (χ0) is 19.5. The van der Waals surface area contributed by atoms with Gasteiger partial charge in [-0.2, -0.15) is 0 Å². The minimum Gasteiger partial charge on any atom is -0.497 e. The van der Waals surface area contributed by atoms with Crippen molar-refractivity contribution in [1.82, 2.24) is 9.97 Å². The van der Waals surface area contributed by atoms with Crippen molar-refractivity contribution < 1.29 is 19.0 Å². The smallest absolute Gasteiger partial charge is 0.234 e. The average molecular weight is 376 g/mol. The molecule has 0 aliphatic heterocycles. The summed E-state index contributed by atoms with van der Waals surface area (Å²) in [7, 11) is 1.63. The Kier molecular flexibility index (Phi) is 4.95. The molecule has 2 aromatic heterocycles. The third-order valence-corrected chi connectivity index (χ3v) is 4.44. The van der Waals surface area contributed by atoms with Gasteiger partial charge in [0.25, 0.3) is 0 Å².